The molecule has 1 unspecified atom stereocenters. The second-order valence-electron chi connectivity index (χ2n) is 5.29. The minimum absolute atomic E-state index is 0.520. The second-order valence-corrected chi connectivity index (χ2v) is 5.29. The van der Waals surface area contributed by atoms with Crippen molar-refractivity contribution in [1.29, 1.82) is 0 Å². The maximum atomic E-state index is 10.6. The lowest BCUT2D eigenvalue weighted by molar-refractivity contribution is 0.212. The van der Waals surface area contributed by atoms with Crippen LogP contribution in [0, 0.1) is 11.8 Å². The molecule has 21 heavy (non-hydrogen) atoms. The molecule has 1 N–H and O–H groups in total. The Morgan fingerprint density at radius 1 is 0.810 bits per heavy atom. The van der Waals surface area contributed by atoms with Crippen molar-refractivity contribution in [3.63, 3.8) is 0 Å². The smallest absolute Gasteiger partial charge is 0.101 e. The molecule has 0 fully saturated rings. The molecule has 0 bridgehead atoms. The van der Waals surface area contributed by atoms with Crippen molar-refractivity contribution >= 4 is 0 Å². The SMILES string of the molecule is OC(C1=C(C#Cc2ccccc2)CCC1)c1ccccc1. The molecule has 0 heterocycles. The third-order valence-electron chi connectivity index (χ3n) is 3.84. The van der Waals surface area contributed by atoms with Crippen LogP contribution in [0.2, 0.25) is 0 Å². The first kappa shape index (κ1) is 13.7. The van der Waals surface area contributed by atoms with Gasteiger partial charge in [0.05, 0.1) is 0 Å². The highest BCUT2D eigenvalue weighted by molar-refractivity contribution is 5.46. The molecule has 3 rings (SSSR count). The standard InChI is InChI=1S/C20H18O/c21-20(18-10-5-2-6-11-18)19-13-7-12-17(19)15-14-16-8-3-1-4-9-16/h1-6,8-11,20-21H,7,12-13H2. The molecule has 0 aliphatic heterocycles. The monoisotopic (exact) mass is 274 g/mol. The molecule has 1 aliphatic rings. The molecule has 1 atom stereocenters. The third-order valence-corrected chi connectivity index (χ3v) is 3.84. The van der Waals surface area contributed by atoms with Crippen LogP contribution in [0.4, 0.5) is 0 Å². The lowest BCUT2D eigenvalue weighted by atomic mass is 9.98. The molecular formula is C20H18O. The average molecular weight is 274 g/mol. The normalized spacial score (nSPS) is 15.5. The largest absolute Gasteiger partial charge is 0.384 e. The van der Waals surface area contributed by atoms with Gasteiger partial charge in [0.2, 0.25) is 0 Å². The molecular weight excluding hydrogens is 256 g/mol. The van der Waals surface area contributed by atoms with Crippen molar-refractivity contribution in [1.82, 2.24) is 0 Å². The van der Waals surface area contributed by atoms with Gasteiger partial charge in [-0.05, 0) is 42.5 Å². The van der Waals surface area contributed by atoms with Crippen LogP contribution in [0.1, 0.15) is 36.5 Å². The summed E-state index contributed by atoms with van der Waals surface area (Å²) < 4.78 is 0. The Bertz CT molecular complexity index is 687. The fourth-order valence-corrected chi connectivity index (χ4v) is 2.72. The Hall–Kier alpha value is -2.30. The Balaban J connectivity index is 1.88. The molecule has 0 saturated heterocycles. The van der Waals surface area contributed by atoms with E-state index in [0.29, 0.717) is 0 Å². The molecule has 0 amide bonds. The zero-order valence-corrected chi connectivity index (χ0v) is 11.9. The highest BCUT2D eigenvalue weighted by Gasteiger charge is 2.21. The average Bonchev–Trinajstić information content (AvgIpc) is 3.02. The maximum Gasteiger partial charge on any atom is 0.101 e. The van der Waals surface area contributed by atoms with E-state index < -0.39 is 6.10 Å². The molecule has 0 saturated carbocycles. The number of aliphatic hydroxyl groups is 1. The number of aliphatic hydroxyl groups excluding tert-OH is 1. The van der Waals surface area contributed by atoms with Crippen LogP contribution in [0.25, 0.3) is 0 Å². The Morgan fingerprint density at radius 2 is 1.48 bits per heavy atom. The molecule has 0 aromatic heterocycles. The van der Waals surface area contributed by atoms with Gasteiger partial charge in [-0.1, -0.05) is 60.4 Å². The zero-order valence-electron chi connectivity index (χ0n) is 11.9. The number of rotatable bonds is 2. The molecule has 1 nitrogen and oxygen atoms in total. The summed E-state index contributed by atoms with van der Waals surface area (Å²) in [5.74, 6) is 6.47. The Labute approximate surface area is 126 Å². The van der Waals surface area contributed by atoms with Gasteiger partial charge >= 0.3 is 0 Å². The van der Waals surface area contributed by atoms with E-state index in [9.17, 15) is 5.11 Å². The first-order valence-electron chi connectivity index (χ1n) is 7.36. The summed E-state index contributed by atoms with van der Waals surface area (Å²) in [7, 11) is 0. The van der Waals surface area contributed by atoms with Crippen LogP contribution >= 0.6 is 0 Å². The van der Waals surface area contributed by atoms with Crippen molar-refractivity contribution in [2.75, 3.05) is 0 Å². The van der Waals surface area contributed by atoms with E-state index in [1.165, 1.54) is 0 Å². The van der Waals surface area contributed by atoms with E-state index in [1.54, 1.807) is 0 Å². The Morgan fingerprint density at radius 3 is 2.19 bits per heavy atom. The topological polar surface area (TPSA) is 20.2 Å². The van der Waals surface area contributed by atoms with E-state index in [-0.39, 0.29) is 0 Å². The summed E-state index contributed by atoms with van der Waals surface area (Å²) in [5.41, 5.74) is 4.17. The fourth-order valence-electron chi connectivity index (χ4n) is 2.72. The maximum absolute atomic E-state index is 10.6. The molecule has 1 heteroatoms. The van der Waals surface area contributed by atoms with Crippen LogP contribution in [-0.4, -0.2) is 5.11 Å². The van der Waals surface area contributed by atoms with Gasteiger partial charge in [-0.25, -0.2) is 0 Å². The van der Waals surface area contributed by atoms with Crippen molar-refractivity contribution in [3.8, 4) is 11.8 Å². The number of benzene rings is 2. The van der Waals surface area contributed by atoms with Crippen molar-refractivity contribution in [3.05, 3.63) is 82.9 Å². The third kappa shape index (κ3) is 3.24. The quantitative estimate of drug-likeness (QED) is 0.812. The minimum atomic E-state index is -0.520. The molecule has 2 aromatic carbocycles. The van der Waals surface area contributed by atoms with Crippen molar-refractivity contribution < 1.29 is 5.11 Å². The molecule has 1 aliphatic carbocycles. The van der Waals surface area contributed by atoms with E-state index in [4.69, 9.17) is 0 Å². The van der Waals surface area contributed by atoms with Crippen LogP contribution in [0.5, 0.6) is 0 Å². The highest BCUT2D eigenvalue weighted by Crippen LogP contribution is 2.35. The molecule has 0 spiro atoms. The molecule has 104 valence electrons. The van der Waals surface area contributed by atoms with Crippen LogP contribution in [-0.2, 0) is 0 Å². The van der Waals surface area contributed by atoms with E-state index in [2.05, 4.69) is 11.8 Å². The first-order valence-corrected chi connectivity index (χ1v) is 7.36. The van der Waals surface area contributed by atoms with E-state index >= 15 is 0 Å². The van der Waals surface area contributed by atoms with Gasteiger partial charge < -0.3 is 5.11 Å². The van der Waals surface area contributed by atoms with Gasteiger partial charge in [-0.15, -0.1) is 0 Å². The number of hydrogen-bond donors (Lipinski definition) is 1. The summed E-state index contributed by atoms with van der Waals surface area (Å²) in [6.45, 7) is 0. The van der Waals surface area contributed by atoms with Gasteiger partial charge in [0.25, 0.3) is 0 Å². The molecule has 0 radical (unpaired) electrons. The van der Waals surface area contributed by atoms with Gasteiger partial charge in [0.1, 0.15) is 6.10 Å². The van der Waals surface area contributed by atoms with Crippen LogP contribution in [0.15, 0.2) is 71.8 Å². The van der Waals surface area contributed by atoms with Gasteiger partial charge in [0.15, 0.2) is 0 Å². The molecule has 2 aromatic rings. The van der Waals surface area contributed by atoms with Gasteiger partial charge in [-0.2, -0.15) is 0 Å². The summed E-state index contributed by atoms with van der Waals surface area (Å²) >= 11 is 0. The fraction of sp³-hybridized carbons (Fsp3) is 0.200. The lowest BCUT2D eigenvalue weighted by Crippen LogP contribution is -2.01. The number of allylic oxidation sites excluding steroid dienone is 1. The highest BCUT2D eigenvalue weighted by atomic mass is 16.3. The predicted octanol–water partition coefficient (Wildman–Crippen LogP) is 4.25. The first-order chi connectivity index (χ1) is 10.3. The summed E-state index contributed by atoms with van der Waals surface area (Å²) in [6, 6.07) is 19.8. The Kier molecular flexibility index (Phi) is 4.19. The second kappa shape index (κ2) is 6.43. The van der Waals surface area contributed by atoms with E-state index in [0.717, 1.165) is 41.5 Å². The summed E-state index contributed by atoms with van der Waals surface area (Å²) in [6.07, 6.45) is 2.47. The van der Waals surface area contributed by atoms with Gasteiger partial charge in [0, 0.05) is 11.1 Å². The van der Waals surface area contributed by atoms with E-state index in [1.807, 2.05) is 60.7 Å². The van der Waals surface area contributed by atoms with Crippen LogP contribution < -0.4 is 0 Å². The predicted molar refractivity (Wildman–Crippen MR) is 85.6 cm³/mol. The lowest BCUT2D eigenvalue weighted by Gasteiger charge is -2.13. The zero-order chi connectivity index (χ0) is 14.5. The van der Waals surface area contributed by atoms with Crippen molar-refractivity contribution in [2.24, 2.45) is 0 Å². The van der Waals surface area contributed by atoms with Gasteiger partial charge in [-0.3, -0.25) is 0 Å². The summed E-state index contributed by atoms with van der Waals surface area (Å²) in [5, 5.41) is 10.6. The summed E-state index contributed by atoms with van der Waals surface area (Å²) in [4.78, 5) is 0. The number of hydrogen-bond acceptors (Lipinski definition) is 1. The van der Waals surface area contributed by atoms with Crippen LogP contribution in [0.3, 0.4) is 0 Å². The minimum Gasteiger partial charge on any atom is -0.384 e. The van der Waals surface area contributed by atoms with Crippen molar-refractivity contribution in [2.45, 2.75) is 25.4 Å².